The fourth-order valence-corrected chi connectivity index (χ4v) is 23.0. The smallest absolute Gasteiger partial charge is 0.164 e. The molecule has 142 heavy (non-hydrogen) atoms. The Kier molecular flexibility index (Phi) is 19.7. The lowest BCUT2D eigenvalue weighted by Gasteiger charge is -2.39. The van der Waals surface area contributed by atoms with Crippen LogP contribution < -0.4 is 14.2 Å². The highest BCUT2D eigenvalue weighted by Gasteiger charge is 2.55. The van der Waals surface area contributed by atoms with Crippen molar-refractivity contribution in [2.45, 2.75) is 16.2 Å². The number of hydrogen-bond acceptors (Lipinski definition) is 10. The van der Waals surface area contributed by atoms with E-state index in [9.17, 15) is 0 Å². The van der Waals surface area contributed by atoms with Crippen molar-refractivity contribution in [1.82, 2.24) is 34.9 Å². The minimum Gasteiger partial charge on any atom is -0.457 e. The molecule has 20 aromatic carbocycles. The molecule has 0 saturated heterocycles. The van der Waals surface area contributed by atoms with E-state index in [0.29, 0.717) is 23.3 Å². The molecule has 3 spiro atoms. The van der Waals surface area contributed by atoms with Gasteiger partial charge in [-0.1, -0.05) is 455 Å². The number of hydrogen-bond donors (Lipinski definition) is 0. The van der Waals surface area contributed by atoms with E-state index in [1.54, 1.807) is 0 Å². The fourth-order valence-electron chi connectivity index (χ4n) is 23.0. The predicted molar refractivity (Wildman–Crippen MR) is 568 cm³/mol. The molecule has 0 N–H and O–H groups in total. The number of benzene rings is 20. The molecule has 0 atom stereocenters. The summed E-state index contributed by atoms with van der Waals surface area (Å²) in [6.07, 6.45) is 0. The van der Waals surface area contributed by atoms with Crippen LogP contribution in [0.2, 0.25) is 0 Å². The molecule has 0 unspecified atom stereocenters. The number of fused-ring (bicyclic) bond motifs is 28. The van der Waals surface area contributed by atoms with Crippen molar-refractivity contribution in [3.8, 4) is 181 Å². The van der Waals surface area contributed by atoms with Gasteiger partial charge in [-0.3, -0.25) is 0 Å². The first-order valence-electron chi connectivity index (χ1n) is 48.1. The van der Waals surface area contributed by atoms with Gasteiger partial charge in [0.15, 0.2) is 29.1 Å². The Bertz CT molecular complexity index is 8450. The Labute approximate surface area is 821 Å². The minimum atomic E-state index is -0.571. The van der Waals surface area contributed by atoms with Crippen LogP contribution in [0.4, 0.5) is 0 Å². The van der Waals surface area contributed by atoms with Crippen LogP contribution in [-0.4, -0.2) is 34.9 Å². The second-order valence-electron chi connectivity index (χ2n) is 36.5. The van der Waals surface area contributed by atoms with Crippen molar-refractivity contribution in [2.24, 2.45) is 0 Å². The third kappa shape index (κ3) is 13.1. The number of rotatable bonds is 10. The zero-order chi connectivity index (χ0) is 93.8. The Morgan fingerprint density at radius 3 is 0.761 bits per heavy atom. The van der Waals surface area contributed by atoms with Gasteiger partial charge in [0.25, 0.3) is 0 Å². The molecule has 0 saturated carbocycles. The van der Waals surface area contributed by atoms with Gasteiger partial charge in [0.2, 0.25) is 0 Å². The summed E-state index contributed by atoms with van der Waals surface area (Å²) < 4.78 is 19.6. The highest BCUT2D eigenvalue weighted by atomic mass is 16.5. The van der Waals surface area contributed by atoms with Crippen LogP contribution in [0.15, 0.2) is 504 Å². The van der Waals surface area contributed by atoms with Gasteiger partial charge in [0.05, 0.1) is 38.8 Å². The second kappa shape index (κ2) is 33.9. The highest BCUT2D eigenvalue weighted by Crippen LogP contribution is 2.68. The van der Waals surface area contributed by atoms with Crippen LogP contribution in [-0.2, 0) is 16.2 Å². The van der Waals surface area contributed by atoms with Gasteiger partial charge in [0, 0.05) is 83.3 Å². The first-order valence-corrected chi connectivity index (χ1v) is 48.1. The van der Waals surface area contributed by atoms with Crippen LogP contribution in [0, 0.1) is 0 Å². The summed E-state index contributed by atoms with van der Waals surface area (Å²) in [4.78, 5) is 36.5. The van der Waals surface area contributed by atoms with Crippen LogP contribution in [0.3, 0.4) is 0 Å². The van der Waals surface area contributed by atoms with Crippen LogP contribution in [0.1, 0.15) is 66.8 Å². The maximum absolute atomic E-state index is 6.55. The van der Waals surface area contributed by atoms with Crippen molar-refractivity contribution < 1.29 is 14.2 Å². The van der Waals surface area contributed by atoms with Gasteiger partial charge in [-0.2, -0.15) is 0 Å². The summed E-state index contributed by atoms with van der Waals surface area (Å²) in [5.41, 5.74) is 35.9. The summed E-state index contributed by atoms with van der Waals surface area (Å²) in [5, 5.41) is 1.05. The third-order valence-corrected chi connectivity index (χ3v) is 29.0. The Hall–Kier alpha value is -18.8. The lowest BCUT2D eigenvalue weighted by atomic mass is 9.66. The number of ether oxygens (including phenoxy) is 3. The predicted octanol–water partition coefficient (Wildman–Crippen LogP) is 32.1. The molecule has 0 fully saturated rings. The first-order chi connectivity index (χ1) is 70.4. The second-order valence-corrected chi connectivity index (χ2v) is 36.5. The van der Waals surface area contributed by atoms with E-state index in [0.717, 1.165) is 163 Å². The fraction of sp³-hybridized carbons (Fsp3) is 0.0227. The van der Waals surface area contributed by atoms with Crippen molar-refractivity contribution >= 4 is 10.9 Å². The minimum absolute atomic E-state index is 0.521. The summed E-state index contributed by atoms with van der Waals surface area (Å²) in [7, 11) is 0. The van der Waals surface area contributed by atoms with Crippen molar-refractivity contribution in [2.75, 3.05) is 0 Å². The molecule has 3 aliphatic carbocycles. The number of para-hydroxylation sites is 7. The van der Waals surface area contributed by atoms with Gasteiger partial charge >= 0.3 is 0 Å². The van der Waals surface area contributed by atoms with E-state index in [4.69, 9.17) is 49.1 Å². The first kappa shape index (κ1) is 82.7. The Balaban J connectivity index is 0.000000107. The van der Waals surface area contributed by atoms with E-state index in [1.807, 2.05) is 72.8 Å². The largest absolute Gasteiger partial charge is 0.457 e. The third-order valence-electron chi connectivity index (χ3n) is 29.0. The molecule has 3 aromatic heterocycles. The van der Waals surface area contributed by atoms with Gasteiger partial charge in [0.1, 0.15) is 34.5 Å². The van der Waals surface area contributed by atoms with Crippen molar-refractivity contribution in [1.29, 1.82) is 0 Å². The number of nitrogens with zero attached hydrogens (tertiary/aromatic N) is 7. The standard InChI is InChI=1S/C47H30N2O.C46H29N3O.C39H24N2O/c1-3-14-31(15-4-1)32-26-28-34(29-27-32)42-30-41(33-16-5-2-6-17-33)48-46(49-42)36-19-13-23-40-45(36)35-18-7-8-20-37(35)47(40)38-21-9-11-24-43(38)50-44-25-12-10-22-39(44)47;1-3-14-30(15-4-1)31-26-28-33(29-27-31)44-47-43(32-16-5-2-6-17-32)48-45(49-44)35-19-13-23-39-42(35)34-18-7-8-20-36(34)46(39)37-21-9-11-24-40(37)50-41-25-12-10-22-38(41)46;1-2-13-25(14-3-1)37-27-16-5-9-22-33(27)40-38(41-37)28-17-12-21-32-36(28)26-15-4-6-18-29(26)39(32)30-19-7-10-23-34(30)42-35-24-11-8-20-31(35)39/h1-30H;1-29H;1-24H. The number of aromatic nitrogens is 7. The average Bonchev–Trinajstić information content (AvgIpc) is 1.52. The van der Waals surface area contributed by atoms with E-state index in [-0.39, 0.29) is 0 Å². The van der Waals surface area contributed by atoms with Gasteiger partial charge < -0.3 is 14.2 Å². The molecule has 6 aliphatic rings. The molecule has 10 heteroatoms. The maximum Gasteiger partial charge on any atom is 0.164 e. The van der Waals surface area contributed by atoms with Crippen LogP contribution >= 0.6 is 0 Å². The van der Waals surface area contributed by atoms with Crippen LogP contribution in [0.5, 0.6) is 34.5 Å². The molecule has 29 rings (SSSR count). The zero-order valence-corrected chi connectivity index (χ0v) is 76.8. The van der Waals surface area contributed by atoms with Crippen molar-refractivity contribution in [3.63, 3.8) is 0 Å². The molecule has 23 aromatic rings. The molecule has 3 aliphatic heterocycles. The molecular formula is C132H83N7O3. The topological polar surface area (TPSA) is 118 Å². The van der Waals surface area contributed by atoms with E-state index >= 15 is 0 Å². The van der Waals surface area contributed by atoms with E-state index in [1.165, 1.54) is 72.3 Å². The molecule has 0 bridgehead atoms. The quantitative estimate of drug-likeness (QED) is 0.131. The Morgan fingerprint density at radius 1 is 0.148 bits per heavy atom. The van der Waals surface area contributed by atoms with E-state index < -0.39 is 16.2 Å². The average molecular weight is 1820 g/mol. The maximum atomic E-state index is 6.55. The van der Waals surface area contributed by atoms with Gasteiger partial charge in [-0.25, -0.2) is 34.9 Å². The molecule has 664 valence electrons. The summed E-state index contributed by atoms with van der Waals surface area (Å²) in [6.45, 7) is 0. The molecule has 0 radical (unpaired) electrons. The zero-order valence-electron chi connectivity index (χ0n) is 76.8. The SMILES string of the molecule is c1ccc(-c2ccc(-c3cc(-c4ccccc4)nc(-c4cccc5c4-c4ccccc4C54c5ccccc5Oc5ccccc54)n3)cc2)cc1.c1ccc(-c2ccc(-c3nc(-c4ccccc4)nc(-c4cccc5c4-c4ccccc4C54c5ccccc5Oc5ccccc54)n3)cc2)cc1.c1ccc(-c2nc(-c3cccc4c3-c3ccccc3C43c4ccccc4Oc4ccccc43)nc3ccccc23)cc1. The Morgan fingerprint density at radius 2 is 0.387 bits per heavy atom. The molecule has 0 amide bonds. The normalized spacial score (nSPS) is 13.3. The summed E-state index contributed by atoms with van der Waals surface area (Å²) in [5.74, 6) is 8.60. The lowest BCUT2D eigenvalue weighted by molar-refractivity contribution is 0.436. The molecular weight excluding hydrogens is 1730 g/mol. The monoisotopic (exact) mass is 1810 g/mol. The summed E-state index contributed by atoms with van der Waals surface area (Å²) in [6, 6.07) is 176. The van der Waals surface area contributed by atoms with Gasteiger partial charge in [-0.15, -0.1) is 0 Å². The van der Waals surface area contributed by atoms with Crippen LogP contribution in [0.25, 0.3) is 157 Å². The molecule has 6 heterocycles. The van der Waals surface area contributed by atoms with Crippen molar-refractivity contribution in [3.05, 3.63) is 570 Å². The lowest BCUT2D eigenvalue weighted by Crippen LogP contribution is -2.32. The summed E-state index contributed by atoms with van der Waals surface area (Å²) >= 11 is 0. The van der Waals surface area contributed by atoms with Gasteiger partial charge in [-0.05, 0) is 138 Å². The van der Waals surface area contributed by atoms with E-state index in [2.05, 4.69) is 431 Å². The highest BCUT2D eigenvalue weighted by molar-refractivity contribution is 6.02. The molecule has 10 nitrogen and oxygen atoms in total.